The SMILES string of the molecule is COc1cc(OC)c(C2CCN(C(=O)c3cnn(C(C)C)c3Cl)CC2)c(OC)c1. The zero-order chi connectivity index (χ0) is 21.1. The van der Waals surface area contributed by atoms with E-state index in [9.17, 15) is 4.79 Å². The van der Waals surface area contributed by atoms with Gasteiger partial charge in [0.2, 0.25) is 0 Å². The van der Waals surface area contributed by atoms with Gasteiger partial charge in [0.15, 0.2) is 0 Å². The van der Waals surface area contributed by atoms with Crippen molar-refractivity contribution >= 4 is 17.5 Å². The van der Waals surface area contributed by atoms with Crippen molar-refractivity contribution in [2.24, 2.45) is 0 Å². The number of nitrogens with zero attached hydrogens (tertiary/aromatic N) is 3. The molecule has 1 aliphatic rings. The molecular formula is C21H28ClN3O4. The molecule has 0 bridgehead atoms. The van der Waals surface area contributed by atoms with Gasteiger partial charge in [-0.15, -0.1) is 0 Å². The first-order valence-electron chi connectivity index (χ1n) is 9.73. The van der Waals surface area contributed by atoms with Crippen molar-refractivity contribution in [1.82, 2.24) is 14.7 Å². The lowest BCUT2D eigenvalue weighted by molar-refractivity contribution is 0.0712. The maximum atomic E-state index is 13.0. The van der Waals surface area contributed by atoms with Gasteiger partial charge in [-0.05, 0) is 32.6 Å². The molecule has 2 heterocycles. The van der Waals surface area contributed by atoms with Crippen LogP contribution in [0.5, 0.6) is 17.2 Å². The van der Waals surface area contributed by atoms with E-state index >= 15 is 0 Å². The summed E-state index contributed by atoms with van der Waals surface area (Å²) in [6, 6.07) is 3.84. The van der Waals surface area contributed by atoms with Crippen LogP contribution in [-0.2, 0) is 0 Å². The fourth-order valence-electron chi connectivity index (χ4n) is 3.83. The molecule has 2 aromatic rings. The van der Waals surface area contributed by atoms with E-state index in [1.807, 2.05) is 30.9 Å². The molecule has 1 fully saturated rings. The van der Waals surface area contributed by atoms with Gasteiger partial charge in [-0.1, -0.05) is 11.6 Å². The van der Waals surface area contributed by atoms with E-state index in [-0.39, 0.29) is 17.9 Å². The van der Waals surface area contributed by atoms with Gasteiger partial charge in [0.05, 0.1) is 33.1 Å². The van der Waals surface area contributed by atoms with Crippen LogP contribution in [0.2, 0.25) is 5.15 Å². The van der Waals surface area contributed by atoms with Crippen LogP contribution in [0.1, 0.15) is 54.6 Å². The van der Waals surface area contributed by atoms with Gasteiger partial charge in [0.1, 0.15) is 22.4 Å². The molecule has 0 radical (unpaired) electrons. The summed E-state index contributed by atoms with van der Waals surface area (Å²) in [6.07, 6.45) is 3.17. The second-order valence-corrected chi connectivity index (χ2v) is 7.76. The number of piperidine rings is 1. The lowest BCUT2D eigenvalue weighted by Crippen LogP contribution is -2.38. The van der Waals surface area contributed by atoms with Crippen molar-refractivity contribution in [2.45, 2.75) is 38.6 Å². The number of carbonyl (C=O) groups excluding carboxylic acids is 1. The zero-order valence-corrected chi connectivity index (χ0v) is 18.3. The summed E-state index contributed by atoms with van der Waals surface area (Å²) in [4.78, 5) is 14.8. The van der Waals surface area contributed by atoms with E-state index in [4.69, 9.17) is 25.8 Å². The van der Waals surface area contributed by atoms with Crippen LogP contribution in [0.3, 0.4) is 0 Å². The predicted octanol–water partition coefficient (Wildman–Crippen LogP) is 4.16. The Morgan fingerprint density at radius 3 is 2.14 bits per heavy atom. The highest BCUT2D eigenvalue weighted by Gasteiger charge is 2.30. The van der Waals surface area contributed by atoms with E-state index in [1.54, 1.807) is 32.2 Å². The third kappa shape index (κ3) is 4.15. The molecule has 158 valence electrons. The minimum atomic E-state index is -0.0750. The van der Waals surface area contributed by atoms with Gasteiger partial charge < -0.3 is 19.1 Å². The number of halogens is 1. The third-order valence-corrected chi connectivity index (χ3v) is 5.77. The highest BCUT2D eigenvalue weighted by molar-refractivity contribution is 6.32. The van der Waals surface area contributed by atoms with Crippen LogP contribution in [0.25, 0.3) is 0 Å². The van der Waals surface area contributed by atoms with Gasteiger partial charge in [0, 0.05) is 36.8 Å². The number of rotatable bonds is 6. The van der Waals surface area contributed by atoms with Gasteiger partial charge in [-0.2, -0.15) is 5.10 Å². The number of aromatic nitrogens is 2. The minimum Gasteiger partial charge on any atom is -0.496 e. The van der Waals surface area contributed by atoms with Gasteiger partial charge >= 0.3 is 0 Å². The molecule has 7 nitrogen and oxygen atoms in total. The summed E-state index contributed by atoms with van der Waals surface area (Å²) in [6.45, 7) is 5.22. The van der Waals surface area contributed by atoms with Gasteiger partial charge in [-0.25, -0.2) is 0 Å². The average molecular weight is 422 g/mol. The third-order valence-electron chi connectivity index (χ3n) is 5.40. The summed E-state index contributed by atoms with van der Waals surface area (Å²) in [5.41, 5.74) is 1.48. The van der Waals surface area contributed by atoms with Gasteiger partial charge in [-0.3, -0.25) is 9.48 Å². The second kappa shape index (κ2) is 8.95. The highest BCUT2D eigenvalue weighted by atomic mass is 35.5. The van der Waals surface area contributed by atoms with E-state index in [0.29, 0.717) is 29.6 Å². The molecule has 0 spiro atoms. The summed E-state index contributed by atoms with van der Waals surface area (Å²) in [5.74, 6) is 2.32. The van der Waals surface area contributed by atoms with E-state index in [1.165, 1.54) is 0 Å². The molecule has 1 amide bonds. The molecule has 1 aromatic heterocycles. The average Bonchev–Trinajstić information content (AvgIpc) is 3.13. The Balaban J connectivity index is 1.77. The maximum absolute atomic E-state index is 13.0. The topological polar surface area (TPSA) is 65.8 Å². The van der Waals surface area contributed by atoms with Crippen molar-refractivity contribution in [3.05, 3.63) is 34.6 Å². The number of carbonyl (C=O) groups is 1. The van der Waals surface area contributed by atoms with Crippen LogP contribution in [0.15, 0.2) is 18.3 Å². The monoisotopic (exact) mass is 421 g/mol. The Morgan fingerprint density at radius 1 is 1.10 bits per heavy atom. The number of benzene rings is 1. The molecule has 0 N–H and O–H groups in total. The Labute approximate surface area is 176 Å². The largest absolute Gasteiger partial charge is 0.496 e. The van der Waals surface area contributed by atoms with Crippen molar-refractivity contribution < 1.29 is 19.0 Å². The minimum absolute atomic E-state index is 0.0750. The van der Waals surface area contributed by atoms with Crippen LogP contribution in [-0.4, -0.2) is 55.0 Å². The Hall–Kier alpha value is -2.41. The fraction of sp³-hybridized carbons (Fsp3) is 0.524. The summed E-state index contributed by atoms with van der Waals surface area (Å²) < 4.78 is 18.2. The fourth-order valence-corrected chi connectivity index (χ4v) is 4.20. The number of amides is 1. The molecule has 0 unspecified atom stereocenters. The lowest BCUT2D eigenvalue weighted by Gasteiger charge is -2.33. The van der Waals surface area contributed by atoms with Crippen LogP contribution in [0, 0.1) is 0 Å². The molecule has 0 atom stereocenters. The summed E-state index contributed by atoms with van der Waals surface area (Å²) >= 11 is 6.37. The normalized spacial score (nSPS) is 14.9. The molecule has 1 aromatic carbocycles. The molecular weight excluding hydrogens is 394 g/mol. The van der Waals surface area contributed by atoms with Crippen molar-refractivity contribution in [3.63, 3.8) is 0 Å². The Kier molecular flexibility index (Phi) is 6.57. The van der Waals surface area contributed by atoms with E-state index in [0.717, 1.165) is 29.9 Å². The number of methoxy groups -OCH3 is 3. The maximum Gasteiger partial charge on any atom is 0.258 e. The van der Waals surface area contributed by atoms with Crippen molar-refractivity contribution in [1.29, 1.82) is 0 Å². The quantitative estimate of drug-likeness (QED) is 0.700. The molecule has 0 aliphatic carbocycles. The second-order valence-electron chi connectivity index (χ2n) is 7.40. The smallest absolute Gasteiger partial charge is 0.258 e. The number of ether oxygens (including phenoxy) is 3. The first-order chi connectivity index (χ1) is 13.9. The van der Waals surface area contributed by atoms with Crippen molar-refractivity contribution in [3.8, 4) is 17.2 Å². The highest BCUT2D eigenvalue weighted by Crippen LogP contribution is 2.43. The van der Waals surface area contributed by atoms with Crippen LogP contribution in [0.4, 0.5) is 0 Å². The predicted molar refractivity (Wildman–Crippen MR) is 112 cm³/mol. The molecule has 0 saturated carbocycles. The van der Waals surface area contributed by atoms with Crippen LogP contribution >= 0.6 is 11.6 Å². The van der Waals surface area contributed by atoms with E-state index in [2.05, 4.69) is 5.10 Å². The summed E-state index contributed by atoms with van der Waals surface area (Å²) in [5, 5.41) is 4.64. The first-order valence-corrected chi connectivity index (χ1v) is 10.1. The number of hydrogen-bond acceptors (Lipinski definition) is 5. The van der Waals surface area contributed by atoms with Crippen molar-refractivity contribution in [2.75, 3.05) is 34.4 Å². The molecule has 1 aliphatic heterocycles. The molecule has 8 heteroatoms. The molecule has 29 heavy (non-hydrogen) atoms. The Morgan fingerprint density at radius 2 is 1.69 bits per heavy atom. The van der Waals surface area contributed by atoms with E-state index < -0.39 is 0 Å². The standard InChI is InChI=1S/C21H28ClN3O4/c1-13(2)25-20(22)16(12-23-25)21(26)24-8-6-14(7-9-24)19-17(28-4)10-15(27-3)11-18(19)29-5/h10-14H,6-9H2,1-5H3. The number of likely N-dealkylation sites (tertiary alicyclic amines) is 1. The Bertz CT molecular complexity index is 848. The molecule has 1 saturated heterocycles. The molecule has 3 rings (SSSR count). The van der Waals surface area contributed by atoms with Gasteiger partial charge in [0.25, 0.3) is 5.91 Å². The van der Waals surface area contributed by atoms with Crippen LogP contribution < -0.4 is 14.2 Å². The summed E-state index contributed by atoms with van der Waals surface area (Å²) in [7, 11) is 4.90. The first kappa shape index (κ1) is 21.3. The number of hydrogen-bond donors (Lipinski definition) is 0. The lowest BCUT2D eigenvalue weighted by atomic mass is 9.87. The zero-order valence-electron chi connectivity index (χ0n) is 17.6.